The molecule has 1 atom stereocenters. The van der Waals surface area contributed by atoms with Gasteiger partial charge in [-0.1, -0.05) is 0 Å². The van der Waals surface area contributed by atoms with E-state index in [4.69, 9.17) is 5.11 Å². The molecule has 1 fully saturated rings. The van der Waals surface area contributed by atoms with Crippen LogP contribution in [0.15, 0.2) is 5.38 Å². The number of nitrogens with one attached hydrogen (secondary N) is 1. The number of likely N-dealkylation sites (tertiary alicyclic amines) is 1. The Morgan fingerprint density at radius 2 is 2.21 bits per heavy atom. The summed E-state index contributed by atoms with van der Waals surface area (Å²) in [7, 11) is 0. The summed E-state index contributed by atoms with van der Waals surface area (Å²) in [5.74, 6) is -0.913. The smallest absolute Gasteiger partial charge is 0.365 e. The Morgan fingerprint density at radius 3 is 2.79 bits per heavy atom. The summed E-state index contributed by atoms with van der Waals surface area (Å²) in [6.07, 6.45) is 2.15. The van der Waals surface area contributed by atoms with Gasteiger partial charge in [-0.3, -0.25) is 4.79 Å². The summed E-state index contributed by atoms with van der Waals surface area (Å²) in [5.41, 5.74) is 0.656. The number of aromatic carboxylic acids is 1. The van der Waals surface area contributed by atoms with E-state index in [9.17, 15) is 9.59 Å². The summed E-state index contributed by atoms with van der Waals surface area (Å²) in [5, 5.41) is 13.6. The Morgan fingerprint density at radius 1 is 1.53 bits per heavy atom. The van der Waals surface area contributed by atoms with E-state index in [-0.39, 0.29) is 17.0 Å². The fourth-order valence-corrected chi connectivity index (χ4v) is 2.70. The van der Waals surface area contributed by atoms with Crippen molar-refractivity contribution in [3.63, 3.8) is 0 Å². The summed E-state index contributed by atoms with van der Waals surface area (Å²) < 4.78 is 0. The van der Waals surface area contributed by atoms with Gasteiger partial charge in [0.25, 0.3) is 0 Å². The second-order valence-corrected chi connectivity index (χ2v) is 5.44. The van der Waals surface area contributed by atoms with Gasteiger partial charge in [-0.2, -0.15) is 0 Å². The number of aromatic nitrogens is 1. The molecule has 2 heterocycles. The second-order valence-electron chi connectivity index (χ2n) is 4.58. The maximum atomic E-state index is 12.0. The van der Waals surface area contributed by atoms with Crippen molar-refractivity contribution in [1.29, 1.82) is 0 Å². The molecule has 1 unspecified atom stereocenters. The van der Waals surface area contributed by atoms with Gasteiger partial charge in [0.15, 0.2) is 0 Å². The van der Waals surface area contributed by atoms with Crippen molar-refractivity contribution < 1.29 is 14.7 Å². The van der Waals surface area contributed by atoms with E-state index in [1.54, 1.807) is 5.38 Å². The highest BCUT2D eigenvalue weighted by atomic mass is 32.1. The van der Waals surface area contributed by atoms with Gasteiger partial charge in [-0.15, -0.1) is 11.3 Å². The van der Waals surface area contributed by atoms with E-state index in [2.05, 4.69) is 10.3 Å². The lowest BCUT2D eigenvalue weighted by Gasteiger charge is -2.20. The number of rotatable bonds is 5. The van der Waals surface area contributed by atoms with Crippen molar-refractivity contribution in [2.75, 3.05) is 13.1 Å². The zero-order valence-corrected chi connectivity index (χ0v) is 11.6. The van der Waals surface area contributed by atoms with E-state index in [1.807, 2.05) is 11.8 Å². The van der Waals surface area contributed by atoms with E-state index >= 15 is 0 Å². The second kappa shape index (κ2) is 6.12. The molecule has 6 nitrogen and oxygen atoms in total. The third-order valence-corrected chi connectivity index (χ3v) is 3.99. The van der Waals surface area contributed by atoms with Crippen LogP contribution in [-0.4, -0.2) is 46.0 Å². The molecule has 0 aromatic carbocycles. The molecule has 0 bridgehead atoms. The molecule has 2 rings (SSSR count). The minimum Gasteiger partial charge on any atom is -0.476 e. The number of hydrogen-bond acceptors (Lipinski definition) is 5. The molecule has 1 amide bonds. The van der Waals surface area contributed by atoms with Crippen molar-refractivity contribution in [3.8, 4) is 0 Å². The zero-order valence-electron chi connectivity index (χ0n) is 10.8. The number of carboxylic acid groups (broad SMARTS) is 1. The minimum atomic E-state index is -1.02. The van der Waals surface area contributed by atoms with Crippen molar-refractivity contribution >= 4 is 23.2 Å². The SMILES string of the molecule is CC(NCc1csc(C(=O)O)n1)C(=O)N1CCCC1. The van der Waals surface area contributed by atoms with Gasteiger partial charge in [-0.05, 0) is 19.8 Å². The molecular weight excluding hydrogens is 266 g/mol. The summed E-state index contributed by atoms with van der Waals surface area (Å²) in [6, 6.07) is -0.270. The quantitative estimate of drug-likeness (QED) is 0.840. The number of hydrogen-bond donors (Lipinski definition) is 2. The minimum absolute atomic E-state index is 0.0790. The van der Waals surface area contributed by atoms with Crippen molar-refractivity contribution in [1.82, 2.24) is 15.2 Å². The van der Waals surface area contributed by atoms with Crippen LogP contribution in [-0.2, 0) is 11.3 Å². The van der Waals surface area contributed by atoms with Gasteiger partial charge in [0.1, 0.15) is 0 Å². The van der Waals surface area contributed by atoms with E-state index < -0.39 is 5.97 Å². The molecule has 1 aliphatic rings. The molecule has 0 aliphatic carbocycles. The Bertz CT molecular complexity index is 469. The molecule has 7 heteroatoms. The summed E-state index contributed by atoms with van der Waals surface area (Å²) >= 11 is 1.10. The molecule has 104 valence electrons. The highest BCUT2D eigenvalue weighted by molar-refractivity contribution is 7.11. The van der Waals surface area contributed by atoms with Crippen molar-refractivity contribution in [3.05, 3.63) is 16.1 Å². The maximum Gasteiger partial charge on any atom is 0.365 e. The maximum absolute atomic E-state index is 12.0. The van der Waals surface area contributed by atoms with E-state index in [0.717, 1.165) is 37.3 Å². The van der Waals surface area contributed by atoms with Crippen LogP contribution in [0, 0.1) is 0 Å². The lowest BCUT2D eigenvalue weighted by molar-refractivity contribution is -0.132. The van der Waals surface area contributed by atoms with Crippen LogP contribution in [0.3, 0.4) is 0 Å². The number of carbonyl (C=O) groups excluding carboxylic acids is 1. The highest BCUT2D eigenvalue weighted by Gasteiger charge is 2.22. The zero-order chi connectivity index (χ0) is 13.8. The molecule has 1 aliphatic heterocycles. The molecular formula is C12H17N3O3S. The van der Waals surface area contributed by atoms with Crippen LogP contribution < -0.4 is 5.32 Å². The van der Waals surface area contributed by atoms with Gasteiger partial charge in [-0.25, -0.2) is 9.78 Å². The monoisotopic (exact) mass is 283 g/mol. The Hall–Kier alpha value is -1.47. The molecule has 1 aromatic heterocycles. The first-order chi connectivity index (χ1) is 9.08. The van der Waals surface area contributed by atoms with Crippen LogP contribution in [0.5, 0.6) is 0 Å². The lowest BCUT2D eigenvalue weighted by Crippen LogP contribution is -2.43. The average Bonchev–Trinajstić information content (AvgIpc) is 3.05. The Balaban J connectivity index is 1.83. The van der Waals surface area contributed by atoms with Gasteiger partial charge in [0, 0.05) is 25.0 Å². The van der Waals surface area contributed by atoms with Gasteiger partial charge >= 0.3 is 5.97 Å². The Labute approximate surface area is 115 Å². The van der Waals surface area contributed by atoms with Crippen LogP contribution in [0.4, 0.5) is 0 Å². The van der Waals surface area contributed by atoms with Crippen LogP contribution in [0.25, 0.3) is 0 Å². The highest BCUT2D eigenvalue weighted by Crippen LogP contribution is 2.11. The number of nitrogens with zero attached hydrogens (tertiary/aromatic N) is 2. The number of amides is 1. The molecule has 1 saturated heterocycles. The van der Waals surface area contributed by atoms with E-state index in [1.165, 1.54) is 0 Å². The molecule has 0 saturated carbocycles. The number of thiazole rings is 1. The predicted octanol–water partition coefficient (Wildman–Crippen LogP) is 0.942. The fraction of sp³-hybridized carbons (Fsp3) is 0.583. The van der Waals surface area contributed by atoms with E-state index in [0.29, 0.717) is 12.2 Å². The molecule has 0 radical (unpaired) electrons. The predicted molar refractivity (Wildman–Crippen MR) is 71.2 cm³/mol. The molecule has 19 heavy (non-hydrogen) atoms. The number of carbonyl (C=O) groups is 2. The molecule has 1 aromatic rings. The van der Waals surface area contributed by atoms with Gasteiger partial charge in [0.2, 0.25) is 10.9 Å². The normalized spacial score (nSPS) is 16.6. The Kier molecular flexibility index (Phi) is 4.49. The van der Waals surface area contributed by atoms with Gasteiger partial charge in [0.05, 0.1) is 11.7 Å². The van der Waals surface area contributed by atoms with Crippen molar-refractivity contribution in [2.45, 2.75) is 32.4 Å². The molecule has 0 spiro atoms. The standard InChI is InChI=1S/C12H17N3O3S/c1-8(11(16)15-4-2-3-5-15)13-6-9-7-19-10(14-9)12(17)18/h7-8,13H,2-6H2,1H3,(H,17,18). The third-order valence-electron chi connectivity index (χ3n) is 3.11. The summed E-state index contributed by atoms with van der Waals surface area (Å²) in [4.78, 5) is 28.6. The topological polar surface area (TPSA) is 82.5 Å². The number of carboxylic acids is 1. The lowest BCUT2D eigenvalue weighted by atomic mass is 10.3. The average molecular weight is 283 g/mol. The summed E-state index contributed by atoms with van der Waals surface area (Å²) in [6.45, 7) is 3.91. The van der Waals surface area contributed by atoms with Crippen LogP contribution >= 0.6 is 11.3 Å². The largest absolute Gasteiger partial charge is 0.476 e. The third kappa shape index (κ3) is 3.51. The first kappa shape index (κ1) is 14.0. The molecule has 2 N–H and O–H groups in total. The van der Waals surface area contributed by atoms with Crippen LogP contribution in [0.2, 0.25) is 0 Å². The first-order valence-electron chi connectivity index (χ1n) is 6.28. The van der Waals surface area contributed by atoms with Crippen molar-refractivity contribution in [2.24, 2.45) is 0 Å². The first-order valence-corrected chi connectivity index (χ1v) is 7.16. The fourth-order valence-electron chi connectivity index (χ4n) is 2.04. The van der Waals surface area contributed by atoms with Gasteiger partial charge < -0.3 is 15.3 Å². The van der Waals surface area contributed by atoms with Crippen LogP contribution in [0.1, 0.15) is 35.3 Å².